The molecule has 23 heavy (non-hydrogen) atoms. The van der Waals surface area contributed by atoms with Gasteiger partial charge in [-0.05, 0) is 54.6 Å². The van der Waals surface area contributed by atoms with Crippen LogP contribution in [0.4, 0.5) is 10.1 Å². The Morgan fingerprint density at radius 2 is 1.83 bits per heavy atom. The van der Waals surface area contributed by atoms with Gasteiger partial charge in [-0.25, -0.2) is 13.9 Å². The molecule has 0 aromatic heterocycles. The second kappa shape index (κ2) is 5.65. The van der Waals surface area contributed by atoms with E-state index in [1.807, 2.05) is 18.2 Å². The van der Waals surface area contributed by atoms with Crippen molar-refractivity contribution in [3.05, 3.63) is 66.0 Å². The molecule has 2 aromatic rings. The SMILES string of the molecule is O[C@]1(c2ccc(F)cc2)CN(c2ccccc2)C2=[N+]1CCCS2. The Morgan fingerprint density at radius 3 is 2.57 bits per heavy atom. The van der Waals surface area contributed by atoms with Crippen LogP contribution in [-0.2, 0) is 5.72 Å². The zero-order valence-electron chi connectivity index (χ0n) is 12.7. The van der Waals surface area contributed by atoms with Crippen molar-refractivity contribution in [1.29, 1.82) is 0 Å². The first-order valence-electron chi connectivity index (χ1n) is 7.77. The lowest BCUT2D eigenvalue weighted by molar-refractivity contribution is -0.656. The minimum Gasteiger partial charge on any atom is -0.346 e. The summed E-state index contributed by atoms with van der Waals surface area (Å²) in [4.78, 5) is 2.16. The number of aliphatic hydroxyl groups is 1. The van der Waals surface area contributed by atoms with E-state index in [-0.39, 0.29) is 5.82 Å². The molecule has 0 unspecified atom stereocenters. The Labute approximate surface area is 139 Å². The van der Waals surface area contributed by atoms with Crippen molar-refractivity contribution in [2.24, 2.45) is 0 Å². The fraction of sp³-hybridized carbons (Fsp3) is 0.278. The molecule has 5 heteroatoms. The molecule has 0 saturated carbocycles. The van der Waals surface area contributed by atoms with Crippen LogP contribution in [0.2, 0.25) is 0 Å². The molecule has 0 saturated heterocycles. The molecule has 3 nitrogen and oxygen atoms in total. The molecule has 0 spiro atoms. The summed E-state index contributed by atoms with van der Waals surface area (Å²) in [5.41, 5.74) is 0.684. The third kappa shape index (κ3) is 2.44. The van der Waals surface area contributed by atoms with Crippen LogP contribution in [0, 0.1) is 5.82 Å². The topological polar surface area (TPSA) is 26.5 Å². The molecule has 0 radical (unpaired) electrons. The maximum absolute atomic E-state index is 13.3. The van der Waals surface area contributed by atoms with E-state index >= 15 is 0 Å². The van der Waals surface area contributed by atoms with E-state index in [1.165, 1.54) is 12.1 Å². The van der Waals surface area contributed by atoms with Crippen LogP contribution in [0.15, 0.2) is 54.6 Å². The number of amidine groups is 1. The maximum Gasteiger partial charge on any atom is 0.316 e. The fourth-order valence-corrected chi connectivity index (χ4v) is 4.45. The second-order valence-electron chi connectivity index (χ2n) is 5.88. The first-order chi connectivity index (χ1) is 11.2. The minimum absolute atomic E-state index is 0.285. The summed E-state index contributed by atoms with van der Waals surface area (Å²) in [5.74, 6) is 0.766. The summed E-state index contributed by atoms with van der Waals surface area (Å²) in [6, 6.07) is 16.3. The minimum atomic E-state index is -1.12. The molecule has 1 N–H and O–H groups in total. The van der Waals surface area contributed by atoms with Gasteiger partial charge in [0, 0.05) is 11.3 Å². The van der Waals surface area contributed by atoms with Crippen LogP contribution in [-0.4, -0.2) is 33.7 Å². The molecule has 2 aromatic carbocycles. The summed E-state index contributed by atoms with van der Waals surface area (Å²) < 4.78 is 15.3. The molecule has 0 bridgehead atoms. The largest absolute Gasteiger partial charge is 0.346 e. The number of benzene rings is 2. The summed E-state index contributed by atoms with van der Waals surface area (Å²) in [6.45, 7) is 1.25. The van der Waals surface area contributed by atoms with E-state index in [0.717, 1.165) is 35.1 Å². The molecular weight excluding hydrogens is 311 g/mol. The zero-order chi connectivity index (χ0) is 15.9. The van der Waals surface area contributed by atoms with Gasteiger partial charge in [0.15, 0.2) is 6.54 Å². The van der Waals surface area contributed by atoms with E-state index in [1.54, 1.807) is 23.9 Å². The fourth-order valence-electron chi connectivity index (χ4n) is 3.27. The monoisotopic (exact) mass is 329 g/mol. The number of thioether (sulfide) groups is 1. The summed E-state index contributed by atoms with van der Waals surface area (Å²) in [5, 5.41) is 12.5. The molecule has 2 aliphatic heterocycles. The van der Waals surface area contributed by atoms with Crippen molar-refractivity contribution in [2.75, 3.05) is 23.7 Å². The molecule has 0 fully saturated rings. The number of halogens is 1. The molecule has 1 atom stereocenters. The molecular formula is C18H18FN2OS+. The predicted molar refractivity (Wildman–Crippen MR) is 91.3 cm³/mol. The smallest absolute Gasteiger partial charge is 0.316 e. The normalized spacial score (nSPS) is 24.0. The standard InChI is InChI=1S/C18H18FN2OS/c19-15-9-7-14(8-10-15)18(22)13-20(16-5-2-1-3-6-16)17-21(18)11-4-12-23-17/h1-3,5-10,22H,4,11-13H2/q+1/t18-/m0/s1. The Bertz CT molecular complexity index is 747. The lowest BCUT2D eigenvalue weighted by Gasteiger charge is -2.24. The van der Waals surface area contributed by atoms with E-state index in [2.05, 4.69) is 21.6 Å². The van der Waals surface area contributed by atoms with Crippen LogP contribution in [0.5, 0.6) is 0 Å². The van der Waals surface area contributed by atoms with Crippen LogP contribution >= 0.6 is 11.8 Å². The molecule has 2 heterocycles. The highest BCUT2D eigenvalue weighted by molar-refractivity contribution is 8.13. The van der Waals surface area contributed by atoms with Crippen molar-refractivity contribution in [3.8, 4) is 0 Å². The highest BCUT2D eigenvalue weighted by Gasteiger charge is 2.53. The van der Waals surface area contributed by atoms with Crippen molar-refractivity contribution in [2.45, 2.75) is 12.1 Å². The highest BCUT2D eigenvalue weighted by atomic mass is 32.2. The number of β-amino-alcohol motifs (C(OH)–C–C–N with tert-alkyl or cyclic N) is 1. The van der Waals surface area contributed by atoms with Gasteiger partial charge in [-0.3, -0.25) is 0 Å². The molecule has 0 aliphatic carbocycles. The zero-order valence-corrected chi connectivity index (χ0v) is 13.5. The van der Waals surface area contributed by atoms with Gasteiger partial charge in [0.2, 0.25) is 0 Å². The number of para-hydroxylation sites is 1. The van der Waals surface area contributed by atoms with Crippen molar-refractivity contribution in [3.63, 3.8) is 0 Å². The summed E-state index contributed by atoms with van der Waals surface area (Å²) in [7, 11) is 0. The van der Waals surface area contributed by atoms with Gasteiger partial charge in [-0.1, -0.05) is 18.2 Å². The van der Waals surface area contributed by atoms with Crippen LogP contribution in [0.3, 0.4) is 0 Å². The molecule has 0 amide bonds. The van der Waals surface area contributed by atoms with Gasteiger partial charge in [0.1, 0.15) is 11.5 Å². The quantitative estimate of drug-likeness (QED) is 0.858. The number of nitrogens with zero attached hydrogens (tertiary/aromatic N) is 2. The third-order valence-corrected chi connectivity index (χ3v) is 5.61. The summed E-state index contributed by atoms with van der Waals surface area (Å²) >= 11 is 1.77. The highest BCUT2D eigenvalue weighted by Crippen LogP contribution is 2.37. The van der Waals surface area contributed by atoms with Gasteiger partial charge in [0.25, 0.3) is 5.72 Å². The number of anilines is 1. The lowest BCUT2D eigenvalue weighted by Crippen LogP contribution is -2.41. The Morgan fingerprint density at radius 1 is 1.09 bits per heavy atom. The van der Waals surface area contributed by atoms with Gasteiger partial charge in [-0.2, -0.15) is 0 Å². The predicted octanol–water partition coefficient (Wildman–Crippen LogP) is 3.00. The van der Waals surface area contributed by atoms with Gasteiger partial charge in [-0.15, -0.1) is 0 Å². The molecule has 2 aliphatic rings. The van der Waals surface area contributed by atoms with Crippen molar-refractivity contribution >= 4 is 22.6 Å². The number of hydrogen-bond acceptors (Lipinski definition) is 3. The van der Waals surface area contributed by atoms with E-state index in [0.29, 0.717) is 6.54 Å². The van der Waals surface area contributed by atoms with E-state index in [4.69, 9.17) is 0 Å². The maximum atomic E-state index is 13.3. The van der Waals surface area contributed by atoms with E-state index < -0.39 is 5.72 Å². The van der Waals surface area contributed by atoms with Crippen molar-refractivity contribution < 1.29 is 14.1 Å². The van der Waals surface area contributed by atoms with Crippen LogP contribution in [0.25, 0.3) is 0 Å². The number of hydrogen-bond donors (Lipinski definition) is 1. The molecule has 4 rings (SSSR count). The first kappa shape index (κ1) is 14.7. The number of rotatable bonds is 2. The third-order valence-electron chi connectivity index (χ3n) is 4.42. The van der Waals surface area contributed by atoms with Crippen LogP contribution < -0.4 is 4.90 Å². The summed E-state index contributed by atoms with van der Waals surface area (Å²) in [6.07, 6.45) is 1.03. The van der Waals surface area contributed by atoms with Gasteiger partial charge >= 0.3 is 5.17 Å². The van der Waals surface area contributed by atoms with E-state index in [9.17, 15) is 9.50 Å². The average Bonchev–Trinajstić information content (AvgIpc) is 2.91. The first-order valence-corrected chi connectivity index (χ1v) is 8.75. The van der Waals surface area contributed by atoms with Gasteiger partial charge < -0.3 is 5.11 Å². The second-order valence-corrected chi connectivity index (χ2v) is 6.94. The molecule has 118 valence electrons. The van der Waals surface area contributed by atoms with Crippen molar-refractivity contribution in [1.82, 2.24) is 0 Å². The Kier molecular flexibility index (Phi) is 3.62. The Hall–Kier alpha value is -1.85. The average molecular weight is 329 g/mol. The lowest BCUT2D eigenvalue weighted by atomic mass is 10.0. The Balaban J connectivity index is 1.80. The van der Waals surface area contributed by atoms with Crippen LogP contribution in [0.1, 0.15) is 12.0 Å². The van der Waals surface area contributed by atoms with Gasteiger partial charge in [0.05, 0.1) is 6.54 Å².